The van der Waals surface area contributed by atoms with Gasteiger partial charge in [0.25, 0.3) is 0 Å². The minimum absolute atomic E-state index is 0.0324. The van der Waals surface area contributed by atoms with Crippen LogP contribution in [0.5, 0.6) is 5.75 Å². The van der Waals surface area contributed by atoms with Crippen molar-refractivity contribution in [3.8, 4) is 5.75 Å². The zero-order valence-corrected chi connectivity index (χ0v) is 24.0. The van der Waals surface area contributed by atoms with Crippen LogP contribution < -0.4 is 9.64 Å². The molecule has 0 unspecified atom stereocenters. The van der Waals surface area contributed by atoms with Crippen LogP contribution in [0.2, 0.25) is 0 Å². The maximum absolute atomic E-state index is 13.4. The summed E-state index contributed by atoms with van der Waals surface area (Å²) >= 11 is 0. The molecular weight excluding hydrogens is 490 g/mol. The Hall–Kier alpha value is -3.54. The minimum Gasteiger partial charge on any atom is -0.497 e. The molecule has 1 aliphatic rings. The lowest BCUT2D eigenvalue weighted by molar-refractivity contribution is -0.143. The van der Waals surface area contributed by atoms with Crippen LogP contribution in [-0.2, 0) is 14.3 Å². The third-order valence-corrected chi connectivity index (χ3v) is 6.90. The average molecular weight is 534 g/mol. The van der Waals surface area contributed by atoms with Crippen molar-refractivity contribution in [2.24, 2.45) is 11.8 Å². The smallest absolute Gasteiger partial charge is 0.418 e. The van der Waals surface area contributed by atoms with E-state index in [1.54, 1.807) is 13.3 Å². The molecule has 3 atom stereocenters. The van der Waals surface area contributed by atoms with Crippen LogP contribution in [0.3, 0.4) is 0 Å². The number of cyclic esters (lactones) is 1. The number of amides is 1. The van der Waals surface area contributed by atoms with Gasteiger partial charge in [-0.05, 0) is 88.1 Å². The Morgan fingerprint density at radius 2 is 1.82 bits per heavy atom. The van der Waals surface area contributed by atoms with Crippen molar-refractivity contribution in [1.29, 1.82) is 0 Å². The maximum Gasteiger partial charge on any atom is 0.418 e. The number of ether oxygens (including phenoxy) is 3. The van der Waals surface area contributed by atoms with Gasteiger partial charge >= 0.3 is 12.1 Å². The highest BCUT2D eigenvalue weighted by atomic mass is 16.6. The fourth-order valence-corrected chi connectivity index (χ4v) is 4.99. The number of methoxy groups -OCH3 is 1. The molecule has 2 aromatic carbocycles. The number of hydrogen-bond donors (Lipinski definition) is 0. The molecule has 0 saturated carbocycles. The summed E-state index contributed by atoms with van der Waals surface area (Å²) in [5.41, 5.74) is 1.10. The number of nitrogens with zero attached hydrogens (tertiary/aromatic N) is 1. The predicted octanol–water partition coefficient (Wildman–Crippen LogP) is 8.05. The van der Waals surface area contributed by atoms with Gasteiger partial charge in [-0.2, -0.15) is 0 Å². The van der Waals surface area contributed by atoms with Crippen LogP contribution in [0.1, 0.15) is 71.3 Å². The van der Waals surface area contributed by atoms with Crippen molar-refractivity contribution < 1.29 is 23.8 Å². The summed E-state index contributed by atoms with van der Waals surface area (Å²) in [6.45, 7) is 8.12. The molecule has 1 heterocycles. The minimum atomic E-state index is -0.656. The molecule has 39 heavy (non-hydrogen) atoms. The molecule has 1 amide bonds. The number of rotatable bonds is 10. The van der Waals surface area contributed by atoms with Gasteiger partial charge in [-0.15, -0.1) is 0 Å². The Morgan fingerprint density at radius 3 is 2.46 bits per heavy atom. The summed E-state index contributed by atoms with van der Waals surface area (Å²) in [4.78, 5) is 27.6. The van der Waals surface area contributed by atoms with Gasteiger partial charge in [0, 0.05) is 18.5 Å². The second-order valence-corrected chi connectivity index (χ2v) is 10.9. The molecule has 2 aromatic rings. The summed E-state index contributed by atoms with van der Waals surface area (Å²) < 4.78 is 16.6. The van der Waals surface area contributed by atoms with Crippen molar-refractivity contribution in [2.45, 2.75) is 71.3 Å². The van der Waals surface area contributed by atoms with Crippen LogP contribution in [0, 0.1) is 11.8 Å². The summed E-state index contributed by atoms with van der Waals surface area (Å²) in [6, 6.07) is 17.5. The van der Waals surface area contributed by atoms with Gasteiger partial charge in [-0.25, -0.2) is 4.79 Å². The first-order valence-electron chi connectivity index (χ1n) is 13.9. The van der Waals surface area contributed by atoms with E-state index in [4.69, 9.17) is 14.2 Å². The molecule has 210 valence electrons. The van der Waals surface area contributed by atoms with Gasteiger partial charge in [0.2, 0.25) is 0 Å². The lowest BCUT2D eigenvalue weighted by Gasteiger charge is -2.31. The molecule has 1 saturated heterocycles. The van der Waals surface area contributed by atoms with Gasteiger partial charge in [-0.1, -0.05) is 55.5 Å². The molecule has 0 spiro atoms. The van der Waals surface area contributed by atoms with Crippen LogP contribution in [0.15, 0.2) is 79.0 Å². The quantitative estimate of drug-likeness (QED) is 0.228. The zero-order valence-electron chi connectivity index (χ0n) is 24.0. The van der Waals surface area contributed by atoms with Crippen molar-refractivity contribution in [3.63, 3.8) is 0 Å². The van der Waals surface area contributed by atoms with Crippen molar-refractivity contribution in [2.75, 3.05) is 18.6 Å². The number of esters is 1. The van der Waals surface area contributed by atoms with E-state index in [1.807, 2.05) is 69.3 Å². The van der Waals surface area contributed by atoms with E-state index in [9.17, 15) is 9.59 Å². The van der Waals surface area contributed by atoms with E-state index < -0.39 is 11.7 Å². The molecule has 3 rings (SSSR count). The van der Waals surface area contributed by atoms with Crippen LogP contribution in [0.25, 0.3) is 0 Å². The first-order chi connectivity index (χ1) is 18.7. The van der Waals surface area contributed by atoms with Crippen molar-refractivity contribution in [3.05, 3.63) is 84.6 Å². The molecule has 0 radical (unpaired) electrons. The summed E-state index contributed by atoms with van der Waals surface area (Å²) in [5, 5.41) is 0. The lowest BCUT2D eigenvalue weighted by atomic mass is 9.73. The van der Waals surface area contributed by atoms with E-state index >= 15 is 0 Å². The molecule has 0 aliphatic carbocycles. The van der Waals surface area contributed by atoms with E-state index in [0.717, 1.165) is 31.2 Å². The summed E-state index contributed by atoms with van der Waals surface area (Å²) in [6.07, 6.45) is 11.9. The third kappa shape index (κ3) is 9.31. The van der Waals surface area contributed by atoms with Gasteiger partial charge < -0.3 is 14.2 Å². The molecular formula is C33H43NO5. The van der Waals surface area contributed by atoms with E-state index in [-0.39, 0.29) is 17.8 Å². The van der Waals surface area contributed by atoms with Crippen molar-refractivity contribution in [1.82, 2.24) is 0 Å². The second-order valence-electron chi connectivity index (χ2n) is 10.9. The molecule has 0 aromatic heterocycles. The Labute approximate surface area is 233 Å². The van der Waals surface area contributed by atoms with Gasteiger partial charge in [-0.3, -0.25) is 9.69 Å². The molecule has 6 heteroatoms. The SMILES string of the molecule is CC/C=C/CC[C@H]1CCOC(=O)C[C@@H]1[C@H](/C=C\N(C(=O)OC(C)(C)C)c1ccc(OC)cc1)c1ccccc1. The number of allylic oxidation sites excluding steroid dienone is 3. The normalized spacial score (nSPS) is 18.9. The van der Waals surface area contributed by atoms with Gasteiger partial charge in [0.05, 0.1) is 19.4 Å². The summed E-state index contributed by atoms with van der Waals surface area (Å²) in [5.74, 6) is 0.764. The fourth-order valence-electron chi connectivity index (χ4n) is 4.99. The molecule has 0 bridgehead atoms. The Balaban J connectivity index is 2.01. The Kier molecular flexibility index (Phi) is 11.2. The largest absolute Gasteiger partial charge is 0.497 e. The zero-order chi connectivity index (χ0) is 28.3. The van der Waals surface area contributed by atoms with Crippen molar-refractivity contribution >= 4 is 17.7 Å². The highest BCUT2D eigenvalue weighted by molar-refractivity contribution is 5.90. The second kappa shape index (κ2) is 14.6. The highest BCUT2D eigenvalue weighted by Gasteiger charge is 2.34. The number of benzene rings is 2. The van der Waals surface area contributed by atoms with Gasteiger partial charge in [0.15, 0.2) is 0 Å². The molecule has 6 nitrogen and oxygen atoms in total. The van der Waals surface area contributed by atoms with E-state index in [1.165, 1.54) is 4.90 Å². The average Bonchev–Trinajstić information content (AvgIpc) is 3.09. The number of carbonyl (C=O) groups excluding carboxylic acids is 2. The molecule has 1 aliphatic heterocycles. The first-order valence-corrected chi connectivity index (χ1v) is 13.9. The lowest BCUT2D eigenvalue weighted by Crippen LogP contribution is -2.34. The van der Waals surface area contributed by atoms with Gasteiger partial charge in [0.1, 0.15) is 11.4 Å². The fraction of sp³-hybridized carbons (Fsp3) is 0.455. The summed E-state index contributed by atoms with van der Waals surface area (Å²) in [7, 11) is 1.61. The van der Waals surface area contributed by atoms with Crippen LogP contribution >= 0.6 is 0 Å². The molecule has 0 N–H and O–H groups in total. The topological polar surface area (TPSA) is 65.1 Å². The van der Waals surface area contributed by atoms with Crippen LogP contribution in [0.4, 0.5) is 10.5 Å². The first kappa shape index (κ1) is 30.0. The number of hydrogen-bond acceptors (Lipinski definition) is 5. The standard InChI is InChI=1S/C33H43NO5/c1-6-7-8-10-15-26-21-23-38-31(35)24-30(26)29(25-13-11-9-12-14-25)20-22-34(32(36)39-33(2,3)4)27-16-18-28(37-5)19-17-27/h7-9,11-14,16-20,22,26,29-30H,6,10,15,21,23-24H2,1-5H3/b8-7+,22-20-/t26-,29+,30-/m0/s1. The van der Waals surface area contributed by atoms with E-state index in [0.29, 0.717) is 30.4 Å². The maximum atomic E-state index is 13.4. The van der Waals surface area contributed by atoms with E-state index in [2.05, 4.69) is 31.2 Å². The van der Waals surface area contributed by atoms with Crippen LogP contribution in [-0.4, -0.2) is 31.4 Å². The number of carbonyl (C=O) groups is 2. The molecule has 1 fully saturated rings. The monoisotopic (exact) mass is 533 g/mol. The predicted molar refractivity (Wildman–Crippen MR) is 156 cm³/mol. The number of anilines is 1. The Bertz CT molecular complexity index is 1100. The highest BCUT2D eigenvalue weighted by Crippen LogP contribution is 2.40. The Morgan fingerprint density at radius 1 is 1.10 bits per heavy atom. The third-order valence-electron chi connectivity index (χ3n) is 6.90.